The van der Waals surface area contributed by atoms with Gasteiger partial charge in [-0.1, -0.05) is 90.4 Å². The van der Waals surface area contributed by atoms with Gasteiger partial charge in [-0.3, -0.25) is 14.5 Å². The molecule has 49 heavy (non-hydrogen) atoms. The third kappa shape index (κ3) is 5.28. The van der Waals surface area contributed by atoms with E-state index >= 15 is 0 Å². The van der Waals surface area contributed by atoms with E-state index in [1.807, 2.05) is 0 Å². The molecule has 0 aromatic heterocycles. The number of rotatable bonds is 6. The molecule has 7 atom stereocenters. The zero-order chi connectivity index (χ0) is 35.1. The number of aliphatic hydroxyl groups is 1. The van der Waals surface area contributed by atoms with Crippen molar-refractivity contribution in [3.63, 3.8) is 0 Å². The summed E-state index contributed by atoms with van der Waals surface area (Å²) in [5, 5.41) is 16.7. The summed E-state index contributed by atoms with van der Waals surface area (Å²) in [5.41, 5.74) is 0.652. The Morgan fingerprint density at radius 3 is 2.31 bits per heavy atom. The van der Waals surface area contributed by atoms with Crippen LogP contribution in [0.3, 0.4) is 0 Å². The first kappa shape index (κ1) is 35.4. The minimum absolute atomic E-state index is 0.171. The molecule has 7 rings (SSSR count). The molecule has 0 radical (unpaired) electrons. The summed E-state index contributed by atoms with van der Waals surface area (Å²) < 4.78 is 0. The van der Waals surface area contributed by atoms with Gasteiger partial charge in [0, 0.05) is 35.8 Å². The van der Waals surface area contributed by atoms with Crippen LogP contribution in [0.2, 0.25) is 0 Å². The number of likely N-dealkylation sites (tertiary alicyclic amines) is 1. The number of benzene rings is 1. The van der Waals surface area contributed by atoms with Crippen molar-refractivity contribution in [1.82, 2.24) is 10.2 Å². The van der Waals surface area contributed by atoms with Crippen molar-refractivity contribution in [3.8, 4) is 0 Å². The van der Waals surface area contributed by atoms with Crippen LogP contribution in [0.4, 0.5) is 0 Å². The molecule has 0 spiro atoms. The molecule has 3 unspecified atom stereocenters. The fourth-order valence-corrected chi connectivity index (χ4v) is 13.2. The molecule has 1 aliphatic heterocycles. The molecule has 270 valence electrons. The van der Waals surface area contributed by atoms with Gasteiger partial charge in [-0.25, -0.2) is 0 Å². The van der Waals surface area contributed by atoms with E-state index in [2.05, 4.69) is 95.1 Å². The van der Waals surface area contributed by atoms with Crippen molar-refractivity contribution in [2.45, 2.75) is 144 Å². The van der Waals surface area contributed by atoms with Gasteiger partial charge in [0.15, 0.2) is 0 Å². The monoisotopic (exact) mass is 671 g/mol. The van der Waals surface area contributed by atoms with Gasteiger partial charge in [-0.05, 0) is 124 Å². The predicted molar refractivity (Wildman–Crippen MR) is 198 cm³/mol. The van der Waals surface area contributed by atoms with Crippen molar-refractivity contribution >= 4 is 11.7 Å². The Balaban J connectivity index is 1.08. The Morgan fingerprint density at radius 1 is 0.898 bits per heavy atom. The Bertz CT molecular complexity index is 1470. The number of fused-ring (bicyclic) bond motifs is 7. The number of carbonyl (C=O) groups is 2. The quantitative estimate of drug-likeness (QED) is 0.297. The number of nitrogens with one attached hydrogen (secondary N) is 1. The molecule has 2 N–H and O–H groups in total. The highest BCUT2D eigenvalue weighted by atomic mass is 16.3. The number of Topliss-reactive ketones (excluding diaryl/α,β-unsaturated/α-hetero) is 1. The molecule has 0 bridgehead atoms. The van der Waals surface area contributed by atoms with Crippen molar-refractivity contribution < 1.29 is 14.7 Å². The van der Waals surface area contributed by atoms with E-state index in [9.17, 15) is 14.7 Å². The van der Waals surface area contributed by atoms with Crippen LogP contribution in [0.5, 0.6) is 0 Å². The Hall–Kier alpha value is -1.98. The van der Waals surface area contributed by atoms with E-state index in [-0.39, 0.29) is 38.9 Å². The van der Waals surface area contributed by atoms with E-state index < -0.39 is 11.0 Å². The molecule has 5 fully saturated rings. The Kier molecular flexibility index (Phi) is 8.70. The lowest BCUT2D eigenvalue weighted by molar-refractivity contribution is -0.275. The number of hydrogen-bond donors (Lipinski definition) is 2. The number of ketones is 1. The van der Waals surface area contributed by atoms with Crippen LogP contribution in [0.15, 0.2) is 42.0 Å². The summed E-state index contributed by atoms with van der Waals surface area (Å²) >= 11 is 0. The van der Waals surface area contributed by atoms with Gasteiger partial charge < -0.3 is 10.4 Å². The van der Waals surface area contributed by atoms with Gasteiger partial charge in [-0.15, -0.1) is 0 Å². The third-order valence-electron chi connectivity index (χ3n) is 16.9. The summed E-state index contributed by atoms with van der Waals surface area (Å²) in [6.45, 7) is 20.4. The van der Waals surface area contributed by atoms with Gasteiger partial charge in [0.1, 0.15) is 5.78 Å². The standard InChI is InChI=1S/C44H66N2O3/c1-38(2)22-24-43(37(48)45-26-16-31-17-27-46(28-18-31)30-32-11-9-8-10-12-32)25-23-40(5)33(34(43)29-38)13-21-44(49)41(6)19-15-36(47)39(3,4)35(41)14-20-42(40,44)7/h8-13,31,34-35,49H,14-30H2,1-7H3,(H,45,48)/t34?,35?,40-,41+,42?,43+,44+/m1/s1. The number of carbonyl (C=O) groups excluding carboxylic acids is 2. The molecule has 1 heterocycles. The van der Waals surface area contributed by atoms with Crippen LogP contribution in [0.1, 0.15) is 138 Å². The maximum atomic E-state index is 14.6. The number of piperidine rings is 1. The zero-order valence-electron chi connectivity index (χ0n) is 31.9. The lowest BCUT2D eigenvalue weighted by Crippen LogP contribution is -2.73. The van der Waals surface area contributed by atoms with Crippen LogP contribution in [0, 0.1) is 50.2 Å². The van der Waals surface area contributed by atoms with Crippen LogP contribution < -0.4 is 5.32 Å². The average molecular weight is 671 g/mol. The first-order valence-electron chi connectivity index (χ1n) is 20.0. The van der Waals surface area contributed by atoms with Crippen molar-refractivity contribution in [1.29, 1.82) is 0 Å². The number of allylic oxidation sites excluding steroid dienone is 1. The largest absolute Gasteiger partial charge is 0.388 e. The van der Waals surface area contributed by atoms with E-state index in [4.69, 9.17) is 0 Å². The van der Waals surface area contributed by atoms with Gasteiger partial charge in [0.25, 0.3) is 0 Å². The number of hydrogen-bond acceptors (Lipinski definition) is 4. The van der Waals surface area contributed by atoms with Gasteiger partial charge in [-0.2, -0.15) is 0 Å². The van der Waals surface area contributed by atoms with Gasteiger partial charge in [0.2, 0.25) is 5.91 Å². The Morgan fingerprint density at radius 2 is 1.59 bits per heavy atom. The fourth-order valence-electron chi connectivity index (χ4n) is 13.2. The lowest BCUT2D eigenvalue weighted by Gasteiger charge is -2.73. The van der Waals surface area contributed by atoms with Crippen molar-refractivity contribution in [2.24, 2.45) is 50.2 Å². The Labute approximate surface area is 297 Å². The molecule has 5 heteroatoms. The van der Waals surface area contributed by atoms with Crippen LogP contribution in [-0.2, 0) is 16.1 Å². The minimum atomic E-state index is -0.873. The maximum absolute atomic E-state index is 14.6. The van der Waals surface area contributed by atoms with E-state index in [1.165, 1.54) is 24.0 Å². The first-order valence-corrected chi connectivity index (χ1v) is 20.0. The summed E-state index contributed by atoms with van der Waals surface area (Å²) in [6.07, 6.45) is 14.8. The second-order valence-electron chi connectivity index (χ2n) is 19.9. The summed E-state index contributed by atoms with van der Waals surface area (Å²) in [4.78, 5) is 30.3. The molecule has 6 aliphatic rings. The number of nitrogens with zero attached hydrogens (tertiary/aromatic N) is 1. The molecule has 5 nitrogen and oxygen atoms in total. The SMILES string of the molecule is CC1(C)CC[C@]2(C(=O)NCCC3CCN(Cc4ccccc4)CC3)CC[C@]3(C)C(=CC[C@@]4(O)C3(C)CCC3C(C)(C)C(=O)CC[C@@]34C)C2C1. The van der Waals surface area contributed by atoms with E-state index in [0.717, 1.165) is 84.0 Å². The van der Waals surface area contributed by atoms with Crippen LogP contribution in [-0.4, -0.2) is 46.9 Å². The molecular weight excluding hydrogens is 604 g/mol. The average Bonchev–Trinajstić information content (AvgIpc) is 3.06. The molecule has 1 saturated heterocycles. The molecule has 1 amide bonds. The van der Waals surface area contributed by atoms with E-state index in [1.54, 1.807) is 0 Å². The summed E-state index contributed by atoms with van der Waals surface area (Å²) in [6, 6.07) is 10.8. The highest BCUT2D eigenvalue weighted by Gasteiger charge is 2.74. The predicted octanol–water partition coefficient (Wildman–Crippen LogP) is 8.89. The van der Waals surface area contributed by atoms with Gasteiger partial charge in [0.05, 0.1) is 11.0 Å². The van der Waals surface area contributed by atoms with Crippen molar-refractivity contribution in [2.75, 3.05) is 19.6 Å². The molecule has 1 aromatic carbocycles. The first-order chi connectivity index (χ1) is 23.0. The third-order valence-corrected chi connectivity index (χ3v) is 16.9. The van der Waals surface area contributed by atoms with Crippen LogP contribution in [0.25, 0.3) is 0 Å². The molecule has 1 aromatic rings. The summed E-state index contributed by atoms with van der Waals surface area (Å²) in [5.74, 6) is 1.75. The van der Waals surface area contributed by atoms with Gasteiger partial charge >= 0.3 is 0 Å². The zero-order valence-corrected chi connectivity index (χ0v) is 31.9. The normalized spacial score (nSPS) is 41.8. The molecular formula is C44H66N2O3. The second-order valence-corrected chi connectivity index (χ2v) is 19.9. The maximum Gasteiger partial charge on any atom is 0.226 e. The molecule has 4 saturated carbocycles. The highest BCUT2D eigenvalue weighted by Crippen LogP contribution is 2.76. The highest BCUT2D eigenvalue weighted by molar-refractivity contribution is 5.86. The van der Waals surface area contributed by atoms with Crippen LogP contribution >= 0.6 is 0 Å². The van der Waals surface area contributed by atoms with Crippen molar-refractivity contribution in [3.05, 3.63) is 47.5 Å². The number of amides is 1. The molecule has 5 aliphatic carbocycles. The minimum Gasteiger partial charge on any atom is -0.388 e. The smallest absolute Gasteiger partial charge is 0.226 e. The topological polar surface area (TPSA) is 69.6 Å². The van der Waals surface area contributed by atoms with E-state index in [0.29, 0.717) is 30.4 Å². The lowest BCUT2D eigenvalue weighted by atomic mass is 9.32. The second kappa shape index (κ2) is 12.0. The summed E-state index contributed by atoms with van der Waals surface area (Å²) in [7, 11) is 0. The fraction of sp³-hybridized carbons (Fsp3) is 0.773.